The molecule has 3 aromatic rings. The number of thioether (sulfide) groups is 1. The monoisotopic (exact) mass is 399 g/mol. The minimum absolute atomic E-state index is 0.0113. The number of hydrogen-bond donors (Lipinski definition) is 0. The maximum atomic E-state index is 12.7. The third kappa shape index (κ3) is 3.34. The molecule has 1 aliphatic rings. The van der Waals surface area contributed by atoms with Crippen LogP contribution in [0, 0.1) is 10.1 Å². The van der Waals surface area contributed by atoms with Crippen molar-refractivity contribution in [2.75, 3.05) is 6.79 Å². The van der Waals surface area contributed by atoms with Gasteiger partial charge in [0.05, 0.1) is 22.4 Å². The molecule has 8 nitrogen and oxygen atoms in total. The van der Waals surface area contributed by atoms with Crippen molar-refractivity contribution < 1.29 is 14.4 Å². The molecule has 0 unspecified atom stereocenters. The van der Waals surface area contributed by atoms with Crippen LogP contribution < -0.4 is 10.3 Å². The molecule has 0 fully saturated rings. The number of ether oxygens (including phenoxy) is 2. The predicted octanol–water partition coefficient (Wildman–Crippen LogP) is 3.48. The van der Waals surface area contributed by atoms with E-state index in [0.717, 1.165) is 0 Å². The zero-order chi connectivity index (χ0) is 19.7. The van der Waals surface area contributed by atoms with Gasteiger partial charge in [-0.25, -0.2) is 4.98 Å². The first-order chi connectivity index (χ1) is 13.6. The van der Waals surface area contributed by atoms with E-state index >= 15 is 0 Å². The largest absolute Gasteiger partial charge is 0.467 e. The molecular formula is C19H17N3O5S. The summed E-state index contributed by atoms with van der Waals surface area (Å²) in [5.74, 6) is 0.991. The molecule has 0 saturated heterocycles. The van der Waals surface area contributed by atoms with Crippen molar-refractivity contribution in [3.05, 3.63) is 68.0 Å². The molecule has 9 heteroatoms. The predicted molar refractivity (Wildman–Crippen MR) is 105 cm³/mol. The SMILES string of the molecule is CCn1c(SCc2cc([N+](=O)[O-])cc3c2OCOC3)nc2ccccc2c1=O. The van der Waals surface area contributed by atoms with E-state index in [-0.39, 0.29) is 24.6 Å². The second kappa shape index (κ2) is 7.61. The lowest BCUT2D eigenvalue weighted by Crippen LogP contribution is -2.22. The van der Waals surface area contributed by atoms with Gasteiger partial charge in [-0.2, -0.15) is 0 Å². The van der Waals surface area contributed by atoms with Crippen molar-refractivity contribution in [3.8, 4) is 5.75 Å². The molecule has 0 aliphatic carbocycles. The number of fused-ring (bicyclic) bond motifs is 2. The van der Waals surface area contributed by atoms with Crippen LogP contribution in [0.4, 0.5) is 5.69 Å². The first-order valence-electron chi connectivity index (χ1n) is 8.71. The Morgan fingerprint density at radius 1 is 1.32 bits per heavy atom. The highest BCUT2D eigenvalue weighted by Gasteiger charge is 2.21. The Kier molecular flexibility index (Phi) is 5.01. The Bertz CT molecular complexity index is 1130. The van der Waals surface area contributed by atoms with Crippen molar-refractivity contribution >= 4 is 28.4 Å². The normalized spacial score (nSPS) is 13.2. The number of hydrogen-bond acceptors (Lipinski definition) is 7. The van der Waals surface area contributed by atoms with Crippen molar-refractivity contribution in [3.63, 3.8) is 0 Å². The molecule has 2 heterocycles. The van der Waals surface area contributed by atoms with Crippen molar-refractivity contribution in [2.45, 2.75) is 31.0 Å². The van der Waals surface area contributed by atoms with Gasteiger partial charge in [-0.3, -0.25) is 19.5 Å². The molecule has 1 aliphatic heterocycles. The molecule has 144 valence electrons. The van der Waals surface area contributed by atoms with E-state index in [1.807, 2.05) is 19.1 Å². The van der Waals surface area contributed by atoms with E-state index in [1.54, 1.807) is 16.7 Å². The van der Waals surface area contributed by atoms with Crippen LogP contribution in [0.2, 0.25) is 0 Å². The fourth-order valence-electron chi connectivity index (χ4n) is 3.17. The number of nitro benzene ring substituents is 1. The van der Waals surface area contributed by atoms with Gasteiger partial charge in [0.15, 0.2) is 11.9 Å². The summed E-state index contributed by atoms with van der Waals surface area (Å²) < 4.78 is 12.4. The van der Waals surface area contributed by atoms with Gasteiger partial charge in [-0.1, -0.05) is 23.9 Å². The van der Waals surface area contributed by atoms with Gasteiger partial charge in [0.25, 0.3) is 11.2 Å². The van der Waals surface area contributed by atoms with Crippen LogP contribution >= 0.6 is 11.8 Å². The van der Waals surface area contributed by atoms with Crippen LogP contribution in [-0.2, 0) is 23.6 Å². The van der Waals surface area contributed by atoms with Crippen LogP contribution in [0.15, 0.2) is 46.3 Å². The summed E-state index contributed by atoms with van der Waals surface area (Å²) in [5, 5.41) is 12.4. The average Bonchev–Trinajstić information content (AvgIpc) is 2.72. The number of nitrogens with zero attached hydrogens (tertiary/aromatic N) is 3. The summed E-state index contributed by atoms with van der Waals surface area (Å²) >= 11 is 1.36. The minimum atomic E-state index is -0.431. The van der Waals surface area contributed by atoms with E-state index in [4.69, 9.17) is 9.47 Å². The van der Waals surface area contributed by atoms with Gasteiger partial charge < -0.3 is 9.47 Å². The summed E-state index contributed by atoms with van der Waals surface area (Å²) in [5.41, 5.74) is 1.85. The Labute approximate surface area is 164 Å². The van der Waals surface area contributed by atoms with Crippen LogP contribution in [0.1, 0.15) is 18.1 Å². The molecule has 0 bridgehead atoms. The van der Waals surface area contributed by atoms with Gasteiger partial charge in [0, 0.05) is 35.6 Å². The van der Waals surface area contributed by atoms with E-state index < -0.39 is 4.92 Å². The molecule has 0 radical (unpaired) electrons. The molecule has 0 spiro atoms. The van der Waals surface area contributed by atoms with E-state index in [1.165, 1.54) is 23.9 Å². The number of rotatable bonds is 5. The smallest absolute Gasteiger partial charge is 0.270 e. The molecule has 0 saturated carbocycles. The van der Waals surface area contributed by atoms with E-state index in [2.05, 4.69) is 4.98 Å². The molecule has 0 amide bonds. The molecule has 0 atom stereocenters. The summed E-state index contributed by atoms with van der Waals surface area (Å²) in [7, 11) is 0. The van der Waals surface area contributed by atoms with Crippen LogP contribution in [0.5, 0.6) is 5.75 Å². The topological polar surface area (TPSA) is 96.5 Å². The zero-order valence-electron chi connectivity index (χ0n) is 15.1. The van der Waals surface area contributed by atoms with Gasteiger partial charge in [-0.15, -0.1) is 0 Å². The highest BCUT2D eigenvalue weighted by Crippen LogP contribution is 2.36. The molecule has 28 heavy (non-hydrogen) atoms. The fourth-order valence-corrected chi connectivity index (χ4v) is 4.20. The minimum Gasteiger partial charge on any atom is -0.467 e. The number of nitro groups is 1. The Hall–Kier alpha value is -2.91. The number of benzene rings is 2. The van der Waals surface area contributed by atoms with Gasteiger partial charge in [0.2, 0.25) is 0 Å². The molecule has 1 aromatic heterocycles. The summed E-state index contributed by atoms with van der Waals surface area (Å²) in [6.45, 7) is 2.74. The highest BCUT2D eigenvalue weighted by molar-refractivity contribution is 7.98. The zero-order valence-corrected chi connectivity index (χ0v) is 15.9. The number of para-hydroxylation sites is 1. The second-order valence-corrected chi connectivity index (χ2v) is 7.15. The molecular weight excluding hydrogens is 382 g/mol. The average molecular weight is 399 g/mol. The van der Waals surface area contributed by atoms with E-state index in [0.29, 0.717) is 45.2 Å². The van der Waals surface area contributed by atoms with E-state index in [9.17, 15) is 14.9 Å². The molecule has 0 N–H and O–H groups in total. The highest BCUT2D eigenvalue weighted by atomic mass is 32.2. The summed E-state index contributed by atoms with van der Waals surface area (Å²) in [6, 6.07) is 10.2. The fraction of sp³-hybridized carbons (Fsp3) is 0.263. The maximum absolute atomic E-state index is 12.7. The Morgan fingerprint density at radius 3 is 2.93 bits per heavy atom. The van der Waals surface area contributed by atoms with Crippen LogP contribution in [-0.4, -0.2) is 21.3 Å². The van der Waals surface area contributed by atoms with Gasteiger partial charge >= 0.3 is 0 Å². The van der Waals surface area contributed by atoms with Crippen molar-refractivity contribution in [2.24, 2.45) is 0 Å². The molecule has 2 aromatic carbocycles. The lowest BCUT2D eigenvalue weighted by Gasteiger charge is -2.20. The third-order valence-corrected chi connectivity index (χ3v) is 5.51. The van der Waals surface area contributed by atoms with Crippen LogP contribution in [0.25, 0.3) is 10.9 Å². The van der Waals surface area contributed by atoms with Crippen molar-refractivity contribution in [1.82, 2.24) is 9.55 Å². The second-order valence-electron chi connectivity index (χ2n) is 6.21. The standard InChI is InChI=1S/C19H17N3O5S/c1-2-21-18(23)15-5-3-4-6-16(15)20-19(21)28-10-13-8-14(22(24)25)7-12-9-26-11-27-17(12)13/h3-8H,2,9-11H2,1H3. The van der Waals surface area contributed by atoms with Gasteiger partial charge in [0.1, 0.15) is 5.75 Å². The summed E-state index contributed by atoms with van der Waals surface area (Å²) in [6.07, 6.45) is 0. The van der Waals surface area contributed by atoms with Crippen molar-refractivity contribution in [1.29, 1.82) is 0 Å². The summed E-state index contributed by atoms with van der Waals surface area (Å²) in [4.78, 5) is 28.2. The lowest BCUT2D eigenvalue weighted by molar-refractivity contribution is -0.385. The molecule has 4 rings (SSSR count). The third-order valence-electron chi connectivity index (χ3n) is 4.48. The first-order valence-corrected chi connectivity index (χ1v) is 9.70. The number of non-ortho nitro benzene ring substituents is 1. The number of aromatic nitrogens is 2. The Morgan fingerprint density at radius 2 is 2.14 bits per heavy atom. The quantitative estimate of drug-likeness (QED) is 0.280. The first kappa shape index (κ1) is 18.5. The lowest BCUT2D eigenvalue weighted by atomic mass is 10.1. The maximum Gasteiger partial charge on any atom is 0.270 e. The Balaban J connectivity index is 1.73. The van der Waals surface area contributed by atoms with Crippen LogP contribution in [0.3, 0.4) is 0 Å². The van der Waals surface area contributed by atoms with Gasteiger partial charge in [-0.05, 0) is 19.1 Å².